The quantitative estimate of drug-likeness (QED) is 0.454. The first-order chi connectivity index (χ1) is 15.9. The SMILES string of the molecule is CCOC(=O)C1CCCN(Cc2c(O)ccc3c(=O)c(Oc4ccccc4Br)c(C)oc23)C1. The Bertz CT molecular complexity index is 1240. The maximum Gasteiger partial charge on any atom is 0.310 e. The van der Waals surface area contributed by atoms with E-state index in [0.717, 1.165) is 23.9 Å². The molecule has 1 aliphatic rings. The number of carbonyl (C=O) groups excluding carboxylic acids is 1. The van der Waals surface area contributed by atoms with Crippen LogP contribution in [0.25, 0.3) is 11.0 Å². The summed E-state index contributed by atoms with van der Waals surface area (Å²) in [7, 11) is 0. The number of hydrogen-bond acceptors (Lipinski definition) is 7. The third-order valence-corrected chi connectivity index (χ3v) is 6.47. The fourth-order valence-corrected chi connectivity index (χ4v) is 4.54. The van der Waals surface area contributed by atoms with Gasteiger partial charge in [-0.05, 0) is 73.4 Å². The highest BCUT2D eigenvalue weighted by Gasteiger charge is 2.28. The second kappa shape index (κ2) is 9.97. The molecule has 1 saturated heterocycles. The molecular formula is C25H26BrNO6. The Hall–Kier alpha value is -2.84. The number of aromatic hydroxyl groups is 1. The number of esters is 1. The molecule has 4 rings (SSSR count). The lowest BCUT2D eigenvalue weighted by molar-refractivity contribution is -0.150. The molecule has 0 amide bonds. The fourth-order valence-electron chi connectivity index (χ4n) is 4.18. The van der Waals surface area contributed by atoms with Crippen LogP contribution in [0.3, 0.4) is 0 Å². The van der Waals surface area contributed by atoms with Crippen LogP contribution in [0.5, 0.6) is 17.2 Å². The normalized spacial score (nSPS) is 16.6. The van der Waals surface area contributed by atoms with E-state index in [9.17, 15) is 14.7 Å². The van der Waals surface area contributed by atoms with Crippen molar-refractivity contribution in [3.05, 3.63) is 62.4 Å². The summed E-state index contributed by atoms with van der Waals surface area (Å²) in [6.07, 6.45) is 1.63. The average Bonchev–Trinajstić information content (AvgIpc) is 2.80. The van der Waals surface area contributed by atoms with E-state index in [1.165, 1.54) is 6.07 Å². The number of carbonyl (C=O) groups is 1. The smallest absolute Gasteiger partial charge is 0.310 e. The Morgan fingerprint density at radius 3 is 2.82 bits per heavy atom. The lowest BCUT2D eigenvalue weighted by Crippen LogP contribution is -2.39. The molecule has 0 aliphatic carbocycles. The predicted molar refractivity (Wildman–Crippen MR) is 128 cm³/mol. The number of likely N-dealkylation sites (tertiary alicyclic amines) is 1. The number of benzene rings is 2. The molecule has 7 nitrogen and oxygen atoms in total. The van der Waals surface area contributed by atoms with E-state index in [1.54, 1.807) is 26.0 Å². The first-order valence-corrected chi connectivity index (χ1v) is 11.8. The maximum absolute atomic E-state index is 13.3. The summed E-state index contributed by atoms with van der Waals surface area (Å²) in [6.45, 7) is 5.48. The van der Waals surface area contributed by atoms with Gasteiger partial charge in [-0.2, -0.15) is 0 Å². The number of rotatable bonds is 6. The van der Waals surface area contributed by atoms with Crippen molar-refractivity contribution in [3.63, 3.8) is 0 Å². The van der Waals surface area contributed by atoms with Gasteiger partial charge in [-0.15, -0.1) is 0 Å². The van der Waals surface area contributed by atoms with Crippen LogP contribution in [0.4, 0.5) is 0 Å². The molecule has 1 aromatic heterocycles. The predicted octanol–water partition coefficient (Wildman–Crippen LogP) is 5.14. The Labute approximate surface area is 200 Å². The van der Waals surface area contributed by atoms with Gasteiger partial charge in [0.25, 0.3) is 0 Å². The third-order valence-electron chi connectivity index (χ3n) is 5.82. The molecule has 2 aromatic carbocycles. The van der Waals surface area contributed by atoms with Crippen LogP contribution in [0.1, 0.15) is 31.1 Å². The topological polar surface area (TPSA) is 89.2 Å². The fraction of sp³-hybridized carbons (Fsp3) is 0.360. The molecule has 3 aromatic rings. The summed E-state index contributed by atoms with van der Waals surface area (Å²) in [5.74, 6) is 0.575. The first-order valence-electron chi connectivity index (χ1n) is 11.0. The minimum atomic E-state index is -0.311. The van der Waals surface area contributed by atoms with E-state index in [4.69, 9.17) is 13.9 Å². The van der Waals surface area contributed by atoms with Crippen molar-refractivity contribution in [2.75, 3.05) is 19.7 Å². The molecule has 1 unspecified atom stereocenters. The highest BCUT2D eigenvalue weighted by molar-refractivity contribution is 9.10. The van der Waals surface area contributed by atoms with Crippen LogP contribution in [0.15, 0.2) is 50.1 Å². The standard InChI is InChI=1S/C25H26BrNO6/c1-3-31-25(30)16-7-6-12-27(13-16)14-18-20(28)11-10-17-22(29)23(15(2)32-24(17)18)33-21-9-5-4-8-19(21)26/h4-5,8-11,16,28H,3,6-7,12-14H2,1-2H3. The molecule has 1 N–H and O–H groups in total. The number of fused-ring (bicyclic) bond motifs is 1. The summed E-state index contributed by atoms with van der Waals surface area (Å²) in [5.41, 5.74) is 0.536. The summed E-state index contributed by atoms with van der Waals surface area (Å²) < 4.78 is 17.8. The summed E-state index contributed by atoms with van der Waals surface area (Å²) in [6, 6.07) is 10.3. The van der Waals surface area contributed by atoms with Crippen molar-refractivity contribution < 1.29 is 23.8 Å². The molecule has 1 atom stereocenters. The van der Waals surface area contributed by atoms with Gasteiger partial charge in [0, 0.05) is 13.1 Å². The Morgan fingerprint density at radius 1 is 1.27 bits per heavy atom. The number of halogens is 1. The molecule has 0 spiro atoms. The highest BCUT2D eigenvalue weighted by Crippen LogP contribution is 2.34. The molecule has 0 radical (unpaired) electrons. The van der Waals surface area contributed by atoms with Crippen molar-refractivity contribution in [1.29, 1.82) is 0 Å². The van der Waals surface area contributed by atoms with Crippen molar-refractivity contribution in [1.82, 2.24) is 4.90 Å². The van der Waals surface area contributed by atoms with Crippen LogP contribution in [-0.2, 0) is 16.1 Å². The van der Waals surface area contributed by atoms with Gasteiger partial charge in [-0.25, -0.2) is 0 Å². The number of phenolic OH excluding ortho intramolecular Hbond substituents is 1. The van der Waals surface area contributed by atoms with Crippen molar-refractivity contribution in [2.45, 2.75) is 33.2 Å². The van der Waals surface area contributed by atoms with Crippen LogP contribution < -0.4 is 10.2 Å². The maximum atomic E-state index is 13.3. The number of ether oxygens (including phenoxy) is 2. The molecule has 1 fully saturated rings. The van der Waals surface area contributed by atoms with Gasteiger partial charge >= 0.3 is 5.97 Å². The molecule has 1 aliphatic heterocycles. The van der Waals surface area contributed by atoms with Gasteiger partial charge in [0.15, 0.2) is 0 Å². The summed E-state index contributed by atoms with van der Waals surface area (Å²) in [5, 5.41) is 10.9. The zero-order valence-corrected chi connectivity index (χ0v) is 20.2. The van der Waals surface area contributed by atoms with Crippen LogP contribution in [-0.4, -0.2) is 35.7 Å². The zero-order chi connectivity index (χ0) is 23.5. The second-order valence-corrected chi connectivity index (χ2v) is 8.97. The van der Waals surface area contributed by atoms with Crippen LogP contribution in [0.2, 0.25) is 0 Å². The largest absolute Gasteiger partial charge is 0.507 e. The van der Waals surface area contributed by atoms with E-state index in [1.807, 2.05) is 18.2 Å². The van der Waals surface area contributed by atoms with Gasteiger partial charge in [-0.3, -0.25) is 14.5 Å². The van der Waals surface area contributed by atoms with E-state index < -0.39 is 0 Å². The van der Waals surface area contributed by atoms with E-state index in [0.29, 0.717) is 47.7 Å². The Balaban J connectivity index is 1.67. The van der Waals surface area contributed by atoms with Gasteiger partial charge in [-0.1, -0.05) is 12.1 Å². The number of piperidine rings is 1. The first kappa shape index (κ1) is 23.3. The molecule has 2 heterocycles. The number of aryl methyl sites for hydroxylation is 1. The second-order valence-electron chi connectivity index (χ2n) is 8.12. The number of nitrogens with zero attached hydrogens (tertiary/aromatic N) is 1. The van der Waals surface area contributed by atoms with E-state index in [-0.39, 0.29) is 28.8 Å². The molecule has 33 heavy (non-hydrogen) atoms. The van der Waals surface area contributed by atoms with Gasteiger partial charge in [0.05, 0.1) is 27.9 Å². The van der Waals surface area contributed by atoms with Gasteiger partial charge < -0.3 is 19.0 Å². The molecule has 0 saturated carbocycles. The van der Waals surface area contributed by atoms with Crippen LogP contribution >= 0.6 is 15.9 Å². The molecular weight excluding hydrogens is 490 g/mol. The van der Waals surface area contributed by atoms with E-state index >= 15 is 0 Å². The van der Waals surface area contributed by atoms with Crippen LogP contribution in [0, 0.1) is 12.8 Å². The van der Waals surface area contributed by atoms with Crippen molar-refractivity contribution in [2.24, 2.45) is 5.92 Å². The van der Waals surface area contributed by atoms with Gasteiger partial charge in [0.2, 0.25) is 11.2 Å². The third kappa shape index (κ3) is 4.91. The average molecular weight is 516 g/mol. The molecule has 8 heteroatoms. The van der Waals surface area contributed by atoms with E-state index in [2.05, 4.69) is 20.8 Å². The minimum Gasteiger partial charge on any atom is -0.507 e. The van der Waals surface area contributed by atoms with Crippen molar-refractivity contribution in [3.8, 4) is 17.2 Å². The Morgan fingerprint density at radius 2 is 2.06 bits per heavy atom. The number of phenols is 1. The lowest BCUT2D eigenvalue weighted by Gasteiger charge is -2.31. The minimum absolute atomic E-state index is 0.0442. The summed E-state index contributed by atoms with van der Waals surface area (Å²) in [4.78, 5) is 27.6. The molecule has 174 valence electrons. The number of hydrogen-bond donors (Lipinski definition) is 1. The highest BCUT2D eigenvalue weighted by atomic mass is 79.9. The van der Waals surface area contributed by atoms with Gasteiger partial charge in [0.1, 0.15) is 22.8 Å². The Kier molecular flexibility index (Phi) is 7.05. The van der Waals surface area contributed by atoms with Crippen molar-refractivity contribution >= 4 is 32.9 Å². The molecule has 0 bridgehead atoms. The monoisotopic (exact) mass is 515 g/mol. The number of para-hydroxylation sites is 1. The zero-order valence-electron chi connectivity index (χ0n) is 18.6. The summed E-state index contributed by atoms with van der Waals surface area (Å²) >= 11 is 3.42. The lowest BCUT2D eigenvalue weighted by atomic mass is 9.97.